The van der Waals surface area contributed by atoms with Crippen LogP contribution < -0.4 is 5.32 Å². The standard InChI is InChI=1S/C18H17NO3S/c20-14-6-3-4-12(8-14)9-18(22)19-11-15(21)17-10-13-5-1-2-7-16(13)23-17/h1-8,10,15,20-21H,9,11H2,(H,19,22)/t15-/m1/s1. The third-order valence-corrected chi connectivity index (χ3v) is 4.76. The van der Waals surface area contributed by atoms with Crippen molar-refractivity contribution in [1.29, 1.82) is 0 Å². The molecule has 23 heavy (non-hydrogen) atoms. The van der Waals surface area contributed by atoms with Gasteiger partial charge in [-0.1, -0.05) is 30.3 Å². The molecule has 0 aliphatic rings. The number of thiophene rings is 1. The molecular formula is C18H17NO3S. The van der Waals surface area contributed by atoms with E-state index in [9.17, 15) is 15.0 Å². The summed E-state index contributed by atoms with van der Waals surface area (Å²) < 4.78 is 1.12. The van der Waals surface area contributed by atoms with Crippen LogP contribution in [-0.4, -0.2) is 22.7 Å². The molecule has 0 fully saturated rings. The van der Waals surface area contributed by atoms with Crippen LogP contribution in [0.4, 0.5) is 0 Å². The van der Waals surface area contributed by atoms with Gasteiger partial charge in [-0.3, -0.25) is 4.79 Å². The lowest BCUT2D eigenvalue weighted by Gasteiger charge is -2.10. The Morgan fingerprint density at radius 2 is 1.96 bits per heavy atom. The highest BCUT2D eigenvalue weighted by Gasteiger charge is 2.13. The van der Waals surface area contributed by atoms with E-state index in [-0.39, 0.29) is 24.6 Å². The van der Waals surface area contributed by atoms with Crippen LogP contribution in [0.15, 0.2) is 54.6 Å². The van der Waals surface area contributed by atoms with Gasteiger partial charge in [0.25, 0.3) is 0 Å². The van der Waals surface area contributed by atoms with Crippen LogP contribution >= 0.6 is 11.3 Å². The van der Waals surface area contributed by atoms with Crippen LogP contribution in [-0.2, 0) is 11.2 Å². The Morgan fingerprint density at radius 1 is 1.13 bits per heavy atom. The van der Waals surface area contributed by atoms with Gasteiger partial charge in [0.05, 0.1) is 6.42 Å². The van der Waals surface area contributed by atoms with Crippen molar-refractivity contribution in [2.75, 3.05) is 6.54 Å². The molecule has 0 radical (unpaired) electrons. The zero-order chi connectivity index (χ0) is 16.2. The maximum atomic E-state index is 11.9. The second-order valence-electron chi connectivity index (χ2n) is 5.35. The van der Waals surface area contributed by atoms with Gasteiger partial charge in [-0.05, 0) is 35.2 Å². The molecule has 0 saturated heterocycles. The molecule has 3 N–H and O–H groups in total. The van der Waals surface area contributed by atoms with Crippen molar-refractivity contribution < 1.29 is 15.0 Å². The smallest absolute Gasteiger partial charge is 0.224 e. The second-order valence-corrected chi connectivity index (χ2v) is 6.47. The molecule has 0 spiro atoms. The molecule has 5 heteroatoms. The van der Waals surface area contributed by atoms with E-state index in [1.165, 1.54) is 11.3 Å². The van der Waals surface area contributed by atoms with E-state index < -0.39 is 6.10 Å². The number of carbonyl (C=O) groups excluding carboxylic acids is 1. The molecule has 1 atom stereocenters. The summed E-state index contributed by atoms with van der Waals surface area (Å²) in [6.45, 7) is 0.171. The molecule has 2 aromatic carbocycles. The molecule has 0 aliphatic heterocycles. The molecular weight excluding hydrogens is 310 g/mol. The van der Waals surface area contributed by atoms with Crippen LogP contribution in [0.25, 0.3) is 10.1 Å². The number of hydrogen-bond acceptors (Lipinski definition) is 4. The Morgan fingerprint density at radius 3 is 2.74 bits per heavy atom. The predicted molar refractivity (Wildman–Crippen MR) is 91.6 cm³/mol. The summed E-state index contributed by atoms with van der Waals surface area (Å²) in [7, 11) is 0. The zero-order valence-electron chi connectivity index (χ0n) is 12.4. The fraction of sp³-hybridized carbons (Fsp3) is 0.167. The molecule has 118 valence electrons. The van der Waals surface area contributed by atoms with Crippen molar-refractivity contribution >= 4 is 27.3 Å². The first-order valence-corrected chi connectivity index (χ1v) is 8.14. The van der Waals surface area contributed by atoms with Gasteiger partial charge in [-0.2, -0.15) is 0 Å². The average Bonchev–Trinajstić information content (AvgIpc) is 2.97. The number of fused-ring (bicyclic) bond motifs is 1. The minimum Gasteiger partial charge on any atom is -0.508 e. The topological polar surface area (TPSA) is 69.6 Å². The summed E-state index contributed by atoms with van der Waals surface area (Å²) in [6, 6.07) is 16.5. The largest absolute Gasteiger partial charge is 0.508 e. The molecule has 1 amide bonds. The number of hydrogen-bond donors (Lipinski definition) is 3. The highest BCUT2D eigenvalue weighted by molar-refractivity contribution is 7.19. The number of rotatable bonds is 5. The Labute approximate surface area is 138 Å². The molecule has 1 aromatic heterocycles. The van der Waals surface area contributed by atoms with E-state index in [0.29, 0.717) is 0 Å². The molecule has 0 saturated carbocycles. The van der Waals surface area contributed by atoms with Gasteiger partial charge in [-0.15, -0.1) is 11.3 Å². The zero-order valence-corrected chi connectivity index (χ0v) is 13.2. The number of phenolic OH excluding ortho intramolecular Hbond substituents is 1. The maximum absolute atomic E-state index is 11.9. The molecule has 3 rings (SSSR count). The van der Waals surface area contributed by atoms with Crippen molar-refractivity contribution in [3.8, 4) is 5.75 Å². The minimum atomic E-state index is -0.722. The number of aromatic hydroxyl groups is 1. The van der Waals surface area contributed by atoms with E-state index >= 15 is 0 Å². The summed E-state index contributed by atoms with van der Waals surface area (Å²) in [4.78, 5) is 12.8. The second kappa shape index (κ2) is 6.81. The quantitative estimate of drug-likeness (QED) is 0.675. The fourth-order valence-corrected chi connectivity index (χ4v) is 3.44. The highest BCUT2D eigenvalue weighted by atomic mass is 32.1. The third-order valence-electron chi connectivity index (χ3n) is 3.54. The van der Waals surface area contributed by atoms with Crippen LogP contribution in [0, 0.1) is 0 Å². The Hall–Kier alpha value is -2.37. The number of carbonyl (C=O) groups is 1. The summed E-state index contributed by atoms with van der Waals surface area (Å²) in [5.41, 5.74) is 0.735. The molecule has 1 heterocycles. The summed E-state index contributed by atoms with van der Waals surface area (Å²) >= 11 is 1.53. The SMILES string of the molecule is O=C(Cc1cccc(O)c1)NC[C@@H](O)c1cc2ccccc2s1. The van der Waals surface area contributed by atoms with E-state index in [0.717, 1.165) is 20.5 Å². The van der Waals surface area contributed by atoms with Gasteiger partial charge in [0, 0.05) is 16.1 Å². The first-order chi connectivity index (χ1) is 11.1. The van der Waals surface area contributed by atoms with Crippen molar-refractivity contribution in [3.63, 3.8) is 0 Å². The van der Waals surface area contributed by atoms with Crippen LogP contribution in [0.2, 0.25) is 0 Å². The summed E-state index contributed by atoms with van der Waals surface area (Å²) in [5, 5.41) is 23.5. The number of benzene rings is 2. The first-order valence-electron chi connectivity index (χ1n) is 7.33. The Balaban J connectivity index is 1.57. The lowest BCUT2D eigenvalue weighted by Crippen LogP contribution is -2.29. The average molecular weight is 327 g/mol. The van der Waals surface area contributed by atoms with E-state index in [4.69, 9.17) is 0 Å². The molecule has 0 aliphatic carbocycles. The number of amides is 1. The van der Waals surface area contributed by atoms with Crippen LogP contribution in [0.5, 0.6) is 5.75 Å². The van der Waals surface area contributed by atoms with Gasteiger partial charge in [0.15, 0.2) is 0 Å². The van der Waals surface area contributed by atoms with Crippen molar-refractivity contribution in [3.05, 3.63) is 65.0 Å². The van der Waals surface area contributed by atoms with Gasteiger partial charge in [0.2, 0.25) is 5.91 Å². The normalized spacial score (nSPS) is 12.2. The first kappa shape index (κ1) is 15.5. The molecule has 0 unspecified atom stereocenters. The summed E-state index contributed by atoms with van der Waals surface area (Å²) in [5.74, 6) is -0.0450. The molecule has 3 aromatic rings. The Bertz CT molecular complexity index is 795. The minimum absolute atomic E-state index is 0.139. The van der Waals surface area contributed by atoms with Crippen molar-refractivity contribution in [2.24, 2.45) is 0 Å². The lowest BCUT2D eigenvalue weighted by atomic mass is 10.1. The van der Waals surface area contributed by atoms with Gasteiger partial charge in [0.1, 0.15) is 11.9 Å². The van der Waals surface area contributed by atoms with Gasteiger partial charge in [-0.25, -0.2) is 0 Å². The van der Waals surface area contributed by atoms with E-state index in [2.05, 4.69) is 5.32 Å². The highest BCUT2D eigenvalue weighted by Crippen LogP contribution is 2.29. The monoisotopic (exact) mass is 327 g/mol. The van der Waals surface area contributed by atoms with E-state index in [1.807, 2.05) is 30.3 Å². The van der Waals surface area contributed by atoms with Crippen molar-refractivity contribution in [2.45, 2.75) is 12.5 Å². The maximum Gasteiger partial charge on any atom is 0.224 e. The Kier molecular flexibility index (Phi) is 4.60. The van der Waals surface area contributed by atoms with Crippen molar-refractivity contribution in [1.82, 2.24) is 5.32 Å². The molecule has 4 nitrogen and oxygen atoms in total. The molecule has 0 bridgehead atoms. The fourth-order valence-electron chi connectivity index (χ4n) is 2.39. The van der Waals surface area contributed by atoms with Gasteiger partial charge >= 0.3 is 0 Å². The number of aliphatic hydroxyl groups excluding tert-OH is 1. The number of aliphatic hydroxyl groups is 1. The summed E-state index contributed by atoms with van der Waals surface area (Å²) in [6.07, 6.45) is -0.548. The number of phenols is 1. The van der Waals surface area contributed by atoms with E-state index in [1.54, 1.807) is 24.3 Å². The predicted octanol–water partition coefficient (Wildman–Crippen LogP) is 3.00. The number of nitrogens with one attached hydrogen (secondary N) is 1. The van der Waals surface area contributed by atoms with Crippen LogP contribution in [0.1, 0.15) is 16.5 Å². The van der Waals surface area contributed by atoms with Crippen LogP contribution in [0.3, 0.4) is 0 Å². The van der Waals surface area contributed by atoms with Gasteiger partial charge < -0.3 is 15.5 Å². The lowest BCUT2D eigenvalue weighted by molar-refractivity contribution is -0.120. The third kappa shape index (κ3) is 3.88.